The molecule has 2 fully saturated rings. The van der Waals surface area contributed by atoms with E-state index in [0.29, 0.717) is 12.1 Å². The average Bonchev–Trinajstić information content (AvgIpc) is 2.96. The van der Waals surface area contributed by atoms with Crippen LogP contribution in [0.15, 0.2) is 0 Å². The molecule has 3 nitrogen and oxygen atoms in total. The van der Waals surface area contributed by atoms with Crippen molar-refractivity contribution in [1.82, 2.24) is 10.2 Å². The van der Waals surface area contributed by atoms with Gasteiger partial charge in [0.1, 0.15) is 5.54 Å². The molecule has 2 aliphatic rings. The molecule has 0 aromatic rings. The summed E-state index contributed by atoms with van der Waals surface area (Å²) in [4.78, 5) is 2.65. The van der Waals surface area contributed by atoms with E-state index >= 15 is 0 Å². The lowest BCUT2D eigenvalue weighted by Crippen LogP contribution is -2.47. The molecule has 0 radical (unpaired) electrons. The van der Waals surface area contributed by atoms with E-state index in [1.54, 1.807) is 0 Å². The monoisotopic (exact) mass is 263 g/mol. The first-order valence-corrected chi connectivity index (χ1v) is 8.01. The highest BCUT2D eigenvalue weighted by molar-refractivity contribution is 5.14. The lowest BCUT2D eigenvalue weighted by atomic mass is 9.98. The highest BCUT2D eigenvalue weighted by Crippen LogP contribution is 2.36. The lowest BCUT2D eigenvalue weighted by molar-refractivity contribution is 0.225. The first-order valence-electron chi connectivity index (χ1n) is 8.01. The number of nitrogens with one attached hydrogen (secondary N) is 1. The predicted molar refractivity (Wildman–Crippen MR) is 78.8 cm³/mol. The van der Waals surface area contributed by atoms with E-state index in [0.717, 1.165) is 18.8 Å². The van der Waals surface area contributed by atoms with Crippen LogP contribution >= 0.6 is 0 Å². The molecular formula is C16H29N3. The molecule has 108 valence electrons. The van der Waals surface area contributed by atoms with Crippen molar-refractivity contribution in [2.24, 2.45) is 5.92 Å². The summed E-state index contributed by atoms with van der Waals surface area (Å²) >= 11 is 0. The molecule has 1 N–H and O–H groups in total. The van der Waals surface area contributed by atoms with Crippen molar-refractivity contribution in [3.05, 3.63) is 0 Å². The van der Waals surface area contributed by atoms with Crippen molar-refractivity contribution in [2.45, 2.75) is 76.9 Å². The molecule has 0 spiro atoms. The number of rotatable bonds is 5. The molecule has 0 amide bonds. The molecule has 3 atom stereocenters. The minimum atomic E-state index is -0.262. The van der Waals surface area contributed by atoms with Gasteiger partial charge in [0.2, 0.25) is 0 Å². The van der Waals surface area contributed by atoms with E-state index in [9.17, 15) is 5.26 Å². The van der Waals surface area contributed by atoms with Crippen molar-refractivity contribution >= 4 is 0 Å². The van der Waals surface area contributed by atoms with E-state index in [2.05, 4.69) is 37.1 Å². The third-order valence-electron chi connectivity index (χ3n) is 4.80. The molecule has 1 aliphatic carbocycles. The quantitative estimate of drug-likeness (QED) is 0.829. The van der Waals surface area contributed by atoms with Gasteiger partial charge in [0.25, 0.3) is 0 Å². The Balaban J connectivity index is 1.90. The van der Waals surface area contributed by atoms with Crippen LogP contribution in [-0.2, 0) is 0 Å². The molecule has 2 rings (SSSR count). The van der Waals surface area contributed by atoms with E-state index in [-0.39, 0.29) is 5.54 Å². The van der Waals surface area contributed by atoms with Crippen LogP contribution in [0.1, 0.15) is 59.3 Å². The zero-order valence-corrected chi connectivity index (χ0v) is 12.8. The van der Waals surface area contributed by atoms with Crippen molar-refractivity contribution in [3.63, 3.8) is 0 Å². The average molecular weight is 263 g/mol. The first kappa shape index (κ1) is 14.8. The standard InChI is InChI=1S/C16H29N3/c1-4-5-14-7-9-19(11-14)15-6-8-16(10-15,12-17)18-13(2)3/h13-15,18H,4-11H2,1-3H3. The maximum absolute atomic E-state index is 9.53. The molecule has 0 aromatic heterocycles. The summed E-state index contributed by atoms with van der Waals surface area (Å²) in [6, 6.07) is 3.59. The van der Waals surface area contributed by atoms with Gasteiger partial charge in [-0.25, -0.2) is 0 Å². The van der Waals surface area contributed by atoms with E-state index in [1.165, 1.54) is 38.8 Å². The molecular weight excluding hydrogens is 234 g/mol. The summed E-state index contributed by atoms with van der Waals surface area (Å²) in [7, 11) is 0. The Morgan fingerprint density at radius 2 is 2.21 bits per heavy atom. The SMILES string of the molecule is CCCC1CCN(C2CCC(C#N)(NC(C)C)C2)C1. The number of nitriles is 1. The molecule has 3 unspecified atom stereocenters. The fourth-order valence-electron chi connectivity index (χ4n) is 3.99. The summed E-state index contributed by atoms with van der Waals surface area (Å²) in [5.74, 6) is 0.903. The Morgan fingerprint density at radius 3 is 2.84 bits per heavy atom. The van der Waals surface area contributed by atoms with Gasteiger partial charge in [0.15, 0.2) is 0 Å². The molecule has 1 saturated carbocycles. The Hall–Kier alpha value is -0.590. The van der Waals surface area contributed by atoms with Gasteiger partial charge in [0.05, 0.1) is 6.07 Å². The van der Waals surface area contributed by atoms with Crippen LogP contribution in [0.2, 0.25) is 0 Å². The van der Waals surface area contributed by atoms with Crippen LogP contribution in [0.25, 0.3) is 0 Å². The molecule has 3 heteroatoms. The third kappa shape index (κ3) is 3.49. The van der Waals surface area contributed by atoms with Crippen molar-refractivity contribution in [1.29, 1.82) is 5.26 Å². The predicted octanol–water partition coefficient (Wildman–Crippen LogP) is 2.92. The minimum Gasteiger partial charge on any atom is -0.300 e. The number of likely N-dealkylation sites (tertiary alicyclic amines) is 1. The fraction of sp³-hybridized carbons (Fsp3) is 0.938. The second-order valence-corrected chi connectivity index (χ2v) is 6.83. The summed E-state index contributed by atoms with van der Waals surface area (Å²) in [5, 5.41) is 13.0. The highest BCUT2D eigenvalue weighted by Gasteiger charge is 2.43. The van der Waals surface area contributed by atoms with Crippen molar-refractivity contribution < 1.29 is 0 Å². The number of hydrogen-bond acceptors (Lipinski definition) is 3. The molecule has 1 heterocycles. The zero-order valence-electron chi connectivity index (χ0n) is 12.8. The van der Waals surface area contributed by atoms with Gasteiger partial charge in [0, 0.05) is 18.6 Å². The van der Waals surface area contributed by atoms with E-state index in [4.69, 9.17) is 0 Å². The maximum atomic E-state index is 9.53. The maximum Gasteiger partial charge on any atom is 0.108 e. The molecule has 1 saturated heterocycles. The van der Waals surface area contributed by atoms with Gasteiger partial charge >= 0.3 is 0 Å². The second kappa shape index (κ2) is 6.24. The first-order chi connectivity index (χ1) is 9.08. The summed E-state index contributed by atoms with van der Waals surface area (Å²) in [5.41, 5.74) is -0.262. The van der Waals surface area contributed by atoms with E-state index < -0.39 is 0 Å². The normalized spacial score (nSPS) is 35.9. The van der Waals surface area contributed by atoms with Crippen molar-refractivity contribution in [2.75, 3.05) is 13.1 Å². The second-order valence-electron chi connectivity index (χ2n) is 6.83. The Labute approximate surface area is 118 Å². The highest BCUT2D eigenvalue weighted by atomic mass is 15.2. The Morgan fingerprint density at radius 1 is 1.42 bits per heavy atom. The Bertz CT molecular complexity index is 333. The van der Waals surface area contributed by atoms with Gasteiger partial charge in [-0.05, 0) is 58.4 Å². The molecule has 1 aliphatic heterocycles. The van der Waals surface area contributed by atoms with E-state index in [1.807, 2.05) is 0 Å². The summed E-state index contributed by atoms with van der Waals surface area (Å²) in [6.45, 7) is 9.07. The van der Waals surface area contributed by atoms with Gasteiger partial charge in [-0.2, -0.15) is 5.26 Å². The zero-order chi connectivity index (χ0) is 13.9. The number of nitrogens with zero attached hydrogens (tertiary/aromatic N) is 2. The van der Waals surface area contributed by atoms with Gasteiger partial charge < -0.3 is 0 Å². The molecule has 0 aromatic carbocycles. The fourth-order valence-corrected chi connectivity index (χ4v) is 3.99. The van der Waals surface area contributed by atoms with Crippen LogP contribution in [-0.4, -0.2) is 35.6 Å². The van der Waals surface area contributed by atoms with Crippen molar-refractivity contribution in [3.8, 4) is 6.07 Å². The largest absolute Gasteiger partial charge is 0.300 e. The third-order valence-corrected chi connectivity index (χ3v) is 4.80. The smallest absolute Gasteiger partial charge is 0.108 e. The summed E-state index contributed by atoms with van der Waals surface area (Å²) < 4.78 is 0. The topological polar surface area (TPSA) is 39.1 Å². The van der Waals surface area contributed by atoms with Gasteiger partial charge in [-0.3, -0.25) is 10.2 Å². The van der Waals surface area contributed by atoms with Gasteiger partial charge in [-0.15, -0.1) is 0 Å². The van der Waals surface area contributed by atoms with Crippen LogP contribution in [0.3, 0.4) is 0 Å². The minimum absolute atomic E-state index is 0.262. The lowest BCUT2D eigenvalue weighted by Gasteiger charge is -2.28. The number of hydrogen-bond donors (Lipinski definition) is 1. The van der Waals surface area contributed by atoms with Gasteiger partial charge in [-0.1, -0.05) is 13.3 Å². The van der Waals surface area contributed by atoms with Crippen LogP contribution in [0.4, 0.5) is 0 Å². The van der Waals surface area contributed by atoms with Crippen LogP contribution < -0.4 is 5.32 Å². The summed E-state index contributed by atoms with van der Waals surface area (Å²) in [6.07, 6.45) is 7.26. The van der Waals surface area contributed by atoms with Crippen LogP contribution in [0.5, 0.6) is 0 Å². The molecule has 19 heavy (non-hydrogen) atoms. The molecule has 0 bridgehead atoms. The van der Waals surface area contributed by atoms with Crippen LogP contribution in [0, 0.1) is 17.2 Å². The Kier molecular flexibility index (Phi) is 4.86.